The molecule has 0 spiro atoms. The van der Waals surface area contributed by atoms with Gasteiger partial charge in [0.25, 0.3) is 0 Å². The fraction of sp³-hybridized carbons (Fsp3) is 0.765. The topological polar surface area (TPSA) is 41.1 Å². The zero-order valence-corrected chi connectivity index (χ0v) is 13.9. The fourth-order valence-corrected chi connectivity index (χ4v) is 3.19. The molecule has 1 aliphatic rings. The predicted molar refractivity (Wildman–Crippen MR) is 88.5 cm³/mol. The van der Waals surface area contributed by atoms with E-state index >= 15 is 0 Å². The summed E-state index contributed by atoms with van der Waals surface area (Å²) in [6.45, 7) is 10.9. The Labute approximate surface area is 129 Å². The molecule has 2 rings (SSSR count). The van der Waals surface area contributed by atoms with Crippen LogP contribution in [0.2, 0.25) is 0 Å². The highest BCUT2D eigenvalue weighted by molar-refractivity contribution is 5.37. The third-order valence-corrected chi connectivity index (χ3v) is 5.05. The smallest absolute Gasteiger partial charge is 0.147 e. The van der Waals surface area contributed by atoms with Crippen molar-refractivity contribution < 1.29 is 0 Å². The molecule has 0 amide bonds. The number of piperidine rings is 1. The van der Waals surface area contributed by atoms with E-state index in [2.05, 4.69) is 36.0 Å². The van der Waals surface area contributed by atoms with Gasteiger partial charge in [-0.2, -0.15) is 0 Å². The Morgan fingerprint density at radius 1 is 1.14 bits per heavy atom. The Balaban J connectivity index is 1.95. The van der Waals surface area contributed by atoms with Gasteiger partial charge < -0.3 is 10.2 Å². The van der Waals surface area contributed by atoms with Crippen LogP contribution in [0.15, 0.2) is 12.4 Å². The van der Waals surface area contributed by atoms with Crippen LogP contribution in [0, 0.1) is 5.41 Å². The van der Waals surface area contributed by atoms with E-state index in [9.17, 15) is 0 Å². The minimum absolute atomic E-state index is 0.560. The van der Waals surface area contributed by atoms with Gasteiger partial charge in [0, 0.05) is 25.8 Å². The third-order valence-electron chi connectivity index (χ3n) is 5.05. The molecule has 0 atom stereocenters. The molecule has 2 heterocycles. The summed E-state index contributed by atoms with van der Waals surface area (Å²) in [5, 5.41) is 3.39. The van der Waals surface area contributed by atoms with Crippen LogP contribution in [0.25, 0.3) is 0 Å². The molecule has 4 heteroatoms. The Bertz CT molecular complexity index is 419. The van der Waals surface area contributed by atoms with E-state index in [1.165, 1.54) is 25.7 Å². The van der Waals surface area contributed by atoms with Gasteiger partial charge in [0.15, 0.2) is 0 Å². The van der Waals surface area contributed by atoms with E-state index in [-0.39, 0.29) is 0 Å². The van der Waals surface area contributed by atoms with Crippen LogP contribution < -0.4 is 10.2 Å². The van der Waals surface area contributed by atoms with Crippen LogP contribution in [0.3, 0.4) is 0 Å². The van der Waals surface area contributed by atoms with Gasteiger partial charge >= 0.3 is 0 Å². The van der Waals surface area contributed by atoms with Crippen LogP contribution in [-0.2, 0) is 6.54 Å². The molecule has 0 unspecified atom stereocenters. The van der Waals surface area contributed by atoms with E-state index in [1.54, 1.807) is 0 Å². The molecule has 0 bridgehead atoms. The molecule has 1 saturated heterocycles. The van der Waals surface area contributed by atoms with Gasteiger partial charge in [-0.15, -0.1) is 0 Å². The molecular weight excluding hydrogens is 260 g/mol. The highest BCUT2D eigenvalue weighted by atomic mass is 15.2. The average molecular weight is 290 g/mol. The number of hydrogen-bond donors (Lipinski definition) is 1. The highest BCUT2D eigenvalue weighted by Gasteiger charge is 2.31. The summed E-state index contributed by atoms with van der Waals surface area (Å²) >= 11 is 0. The van der Waals surface area contributed by atoms with Crippen molar-refractivity contribution in [1.82, 2.24) is 15.3 Å². The van der Waals surface area contributed by atoms with E-state index in [4.69, 9.17) is 4.98 Å². The first-order valence-corrected chi connectivity index (χ1v) is 8.49. The van der Waals surface area contributed by atoms with Crippen molar-refractivity contribution in [3.05, 3.63) is 18.1 Å². The molecule has 1 aliphatic heterocycles. The molecular formula is C17H30N4. The first-order valence-electron chi connectivity index (χ1n) is 8.49. The van der Waals surface area contributed by atoms with Gasteiger partial charge in [-0.25, -0.2) is 4.98 Å². The van der Waals surface area contributed by atoms with Crippen LogP contribution in [0.1, 0.15) is 58.6 Å². The molecule has 0 saturated carbocycles. The molecule has 21 heavy (non-hydrogen) atoms. The number of rotatable bonds is 7. The van der Waals surface area contributed by atoms with Crippen LogP contribution >= 0.6 is 0 Å². The van der Waals surface area contributed by atoms with Gasteiger partial charge in [-0.1, -0.05) is 33.6 Å². The summed E-state index contributed by atoms with van der Waals surface area (Å²) in [6.07, 6.45) is 10.1. The average Bonchev–Trinajstić information content (AvgIpc) is 2.55. The SMILES string of the molecule is CCCNCc1cncc(N2CCC(CC)(CC)CC2)n1. The van der Waals surface area contributed by atoms with Crippen molar-refractivity contribution in [2.75, 3.05) is 24.5 Å². The lowest BCUT2D eigenvalue weighted by Crippen LogP contribution is -2.40. The lowest BCUT2D eigenvalue weighted by atomic mass is 9.74. The van der Waals surface area contributed by atoms with Gasteiger partial charge in [0.05, 0.1) is 11.9 Å². The lowest BCUT2D eigenvalue weighted by Gasteiger charge is -2.41. The van der Waals surface area contributed by atoms with Crippen molar-refractivity contribution in [3.8, 4) is 0 Å². The summed E-state index contributed by atoms with van der Waals surface area (Å²) in [4.78, 5) is 11.5. The summed E-state index contributed by atoms with van der Waals surface area (Å²) in [5.41, 5.74) is 1.60. The molecule has 0 radical (unpaired) electrons. The van der Waals surface area contributed by atoms with Gasteiger partial charge in [-0.05, 0) is 31.2 Å². The van der Waals surface area contributed by atoms with Crippen molar-refractivity contribution in [2.45, 2.75) is 59.4 Å². The minimum Gasteiger partial charge on any atom is -0.355 e. The second-order valence-electron chi connectivity index (χ2n) is 6.24. The molecule has 1 fully saturated rings. The van der Waals surface area contributed by atoms with Crippen LogP contribution in [0.4, 0.5) is 5.82 Å². The summed E-state index contributed by atoms with van der Waals surface area (Å²) in [5.74, 6) is 1.05. The second-order valence-corrected chi connectivity index (χ2v) is 6.24. The number of nitrogens with one attached hydrogen (secondary N) is 1. The molecule has 118 valence electrons. The Morgan fingerprint density at radius 2 is 1.86 bits per heavy atom. The maximum Gasteiger partial charge on any atom is 0.147 e. The molecule has 0 aromatic carbocycles. The lowest BCUT2D eigenvalue weighted by molar-refractivity contribution is 0.199. The summed E-state index contributed by atoms with van der Waals surface area (Å²) in [6, 6.07) is 0. The second kappa shape index (κ2) is 7.74. The molecule has 4 nitrogen and oxygen atoms in total. The van der Waals surface area contributed by atoms with Crippen LogP contribution in [-0.4, -0.2) is 29.6 Å². The van der Waals surface area contributed by atoms with E-state index in [1.807, 2.05) is 12.4 Å². The fourth-order valence-electron chi connectivity index (χ4n) is 3.19. The summed E-state index contributed by atoms with van der Waals surface area (Å²) in [7, 11) is 0. The molecule has 1 aromatic rings. The Hall–Kier alpha value is -1.16. The quantitative estimate of drug-likeness (QED) is 0.782. The Kier molecular flexibility index (Phi) is 5.97. The number of hydrogen-bond acceptors (Lipinski definition) is 4. The molecule has 1 N–H and O–H groups in total. The highest BCUT2D eigenvalue weighted by Crippen LogP contribution is 2.38. The number of anilines is 1. The van der Waals surface area contributed by atoms with E-state index in [0.717, 1.165) is 44.1 Å². The molecule has 1 aromatic heterocycles. The minimum atomic E-state index is 0.560. The first kappa shape index (κ1) is 16.2. The maximum absolute atomic E-state index is 4.77. The monoisotopic (exact) mass is 290 g/mol. The van der Waals surface area contributed by atoms with E-state index < -0.39 is 0 Å². The zero-order chi connectivity index (χ0) is 15.1. The normalized spacial score (nSPS) is 18.0. The zero-order valence-electron chi connectivity index (χ0n) is 13.9. The Morgan fingerprint density at radius 3 is 2.48 bits per heavy atom. The van der Waals surface area contributed by atoms with Crippen molar-refractivity contribution >= 4 is 5.82 Å². The summed E-state index contributed by atoms with van der Waals surface area (Å²) < 4.78 is 0. The van der Waals surface area contributed by atoms with E-state index in [0.29, 0.717) is 5.41 Å². The standard InChI is InChI=1S/C17H30N4/c1-4-9-18-12-15-13-19-14-16(20-15)21-10-7-17(5-2,6-3)8-11-21/h13-14,18H,4-12H2,1-3H3. The third kappa shape index (κ3) is 4.16. The van der Waals surface area contributed by atoms with Crippen LogP contribution in [0.5, 0.6) is 0 Å². The first-order chi connectivity index (χ1) is 10.2. The van der Waals surface area contributed by atoms with Gasteiger partial charge in [0.1, 0.15) is 5.82 Å². The van der Waals surface area contributed by atoms with Crippen molar-refractivity contribution in [1.29, 1.82) is 0 Å². The number of nitrogens with zero attached hydrogens (tertiary/aromatic N) is 3. The molecule has 0 aliphatic carbocycles. The predicted octanol–water partition coefficient (Wildman–Crippen LogP) is 3.38. The van der Waals surface area contributed by atoms with Gasteiger partial charge in [-0.3, -0.25) is 4.98 Å². The van der Waals surface area contributed by atoms with Gasteiger partial charge in [0.2, 0.25) is 0 Å². The number of aromatic nitrogens is 2. The largest absolute Gasteiger partial charge is 0.355 e. The van der Waals surface area contributed by atoms with Crippen molar-refractivity contribution in [2.24, 2.45) is 5.41 Å². The van der Waals surface area contributed by atoms with Crippen molar-refractivity contribution in [3.63, 3.8) is 0 Å². The maximum atomic E-state index is 4.77.